The Labute approximate surface area is 146 Å². The lowest BCUT2D eigenvalue weighted by molar-refractivity contribution is -0.140. The first-order valence-corrected chi connectivity index (χ1v) is 9.00. The van der Waals surface area contributed by atoms with Crippen LogP contribution in [-0.4, -0.2) is 18.9 Å². The number of rotatable bonds is 11. The highest BCUT2D eigenvalue weighted by molar-refractivity contribution is 6.07. The molecule has 0 fully saturated rings. The van der Waals surface area contributed by atoms with Crippen molar-refractivity contribution in [3.05, 3.63) is 48.1 Å². The van der Waals surface area contributed by atoms with Crippen LogP contribution in [0.4, 0.5) is 0 Å². The molecule has 3 nitrogen and oxygen atoms in total. The highest BCUT2D eigenvalue weighted by Crippen LogP contribution is 2.25. The molecule has 0 aliphatic heterocycles. The molecule has 0 aromatic rings. The van der Waals surface area contributed by atoms with Crippen LogP contribution in [0.15, 0.2) is 48.1 Å². The molecule has 3 heteroatoms. The third-order valence-corrected chi connectivity index (χ3v) is 4.09. The first kappa shape index (κ1) is 20.1. The van der Waals surface area contributed by atoms with Crippen molar-refractivity contribution in [2.24, 2.45) is 5.92 Å². The fraction of sp³-hybridized carbons (Fsp3) is 0.524. The van der Waals surface area contributed by atoms with E-state index in [-0.39, 0.29) is 17.7 Å². The van der Waals surface area contributed by atoms with E-state index in [2.05, 4.69) is 29.9 Å². The molecule has 0 radical (unpaired) electrons. The van der Waals surface area contributed by atoms with Gasteiger partial charge in [-0.3, -0.25) is 9.59 Å². The van der Waals surface area contributed by atoms with E-state index in [1.165, 1.54) is 26.4 Å². The van der Waals surface area contributed by atoms with Crippen LogP contribution in [-0.2, 0) is 14.3 Å². The maximum Gasteiger partial charge on any atom is 0.305 e. The Balaban J connectivity index is 2.36. The predicted molar refractivity (Wildman–Crippen MR) is 98.6 cm³/mol. The van der Waals surface area contributed by atoms with Crippen molar-refractivity contribution in [1.29, 1.82) is 0 Å². The lowest BCUT2D eigenvalue weighted by atomic mass is 9.97. The van der Waals surface area contributed by atoms with Crippen molar-refractivity contribution in [3.63, 3.8) is 0 Å². The van der Waals surface area contributed by atoms with Crippen LogP contribution < -0.4 is 0 Å². The second-order valence-electron chi connectivity index (χ2n) is 6.05. The quantitative estimate of drug-likeness (QED) is 0.229. The van der Waals surface area contributed by atoms with Gasteiger partial charge in [-0.25, -0.2) is 0 Å². The predicted octanol–water partition coefficient (Wildman–Crippen LogP) is 5.09. The van der Waals surface area contributed by atoms with Gasteiger partial charge in [-0.1, -0.05) is 56.2 Å². The van der Waals surface area contributed by atoms with E-state index < -0.39 is 0 Å². The van der Waals surface area contributed by atoms with E-state index in [0.29, 0.717) is 6.42 Å². The van der Waals surface area contributed by atoms with Crippen molar-refractivity contribution in [3.8, 4) is 0 Å². The number of hydrogen-bond acceptors (Lipinski definition) is 3. The first-order chi connectivity index (χ1) is 11.7. The van der Waals surface area contributed by atoms with Gasteiger partial charge >= 0.3 is 5.97 Å². The zero-order valence-corrected chi connectivity index (χ0v) is 15.0. The summed E-state index contributed by atoms with van der Waals surface area (Å²) in [6, 6.07) is 0. The van der Waals surface area contributed by atoms with Gasteiger partial charge < -0.3 is 4.74 Å². The highest BCUT2D eigenvalue weighted by atomic mass is 16.5. The molecule has 0 saturated carbocycles. The minimum Gasteiger partial charge on any atom is -0.469 e. The maximum atomic E-state index is 11.9. The van der Waals surface area contributed by atoms with Crippen LogP contribution in [0.5, 0.6) is 0 Å². The van der Waals surface area contributed by atoms with E-state index >= 15 is 0 Å². The second kappa shape index (κ2) is 12.5. The normalized spacial score (nSPS) is 19.2. The number of carbonyl (C=O) groups is 2. The fourth-order valence-corrected chi connectivity index (χ4v) is 2.60. The number of esters is 1. The minimum absolute atomic E-state index is 0.122. The van der Waals surface area contributed by atoms with Crippen LogP contribution in [0.3, 0.4) is 0 Å². The Morgan fingerprint density at radius 3 is 2.71 bits per heavy atom. The van der Waals surface area contributed by atoms with Crippen molar-refractivity contribution < 1.29 is 14.3 Å². The standard InChI is InChI=1S/C21H30O3/c1-3-4-5-6-7-11-14-19-18(16-17-20(19)22)13-10-8-9-12-15-21(23)24-2/h7-8,10-11,14,16-18H,3-6,9,12-13,15H2,1-2H3/b10-8-,11-7+,19-14-. The van der Waals surface area contributed by atoms with Gasteiger partial charge in [-0.2, -0.15) is 0 Å². The molecule has 1 atom stereocenters. The van der Waals surface area contributed by atoms with Gasteiger partial charge in [0.25, 0.3) is 0 Å². The maximum absolute atomic E-state index is 11.9. The number of hydrogen-bond donors (Lipinski definition) is 0. The Morgan fingerprint density at radius 1 is 1.17 bits per heavy atom. The molecule has 1 aliphatic rings. The molecule has 132 valence electrons. The van der Waals surface area contributed by atoms with Crippen molar-refractivity contribution >= 4 is 11.8 Å². The lowest BCUT2D eigenvalue weighted by Gasteiger charge is -2.06. The zero-order chi connectivity index (χ0) is 17.6. The van der Waals surface area contributed by atoms with Crippen molar-refractivity contribution in [2.45, 2.75) is 58.3 Å². The summed E-state index contributed by atoms with van der Waals surface area (Å²) < 4.78 is 4.61. The summed E-state index contributed by atoms with van der Waals surface area (Å²) >= 11 is 0. The molecule has 0 bridgehead atoms. The molecule has 0 amide bonds. The summed E-state index contributed by atoms with van der Waals surface area (Å²) in [5.41, 5.74) is 0.876. The van der Waals surface area contributed by atoms with E-state index in [4.69, 9.17) is 0 Å². The molecule has 0 spiro atoms. The summed E-state index contributed by atoms with van der Waals surface area (Å²) in [6.07, 6.45) is 21.7. The smallest absolute Gasteiger partial charge is 0.305 e. The monoisotopic (exact) mass is 330 g/mol. The third-order valence-electron chi connectivity index (χ3n) is 4.09. The van der Waals surface area contributed by atoms with Crippen LogP contribution in [0.1, 0.15) is 58.3 Å². The van der Waals surface area contributed by atoms with Crippen LogP contribution >= 0.6 is 0 Å². The molecular weight excluding hydrogens is 300 g/mol. The van der Waals surface area contributed by atoms with E-state index in [1.54, 1.807) is 6.08 Å². The summed E-state index contributed by atoms with van der Waals surface area (Å²) in [5.74, 6) is 0.135. The number of carbonyl (C=O) groups excluding carboxylic acids is 2. The van der Waals surface area contributed by atoms with Crippen molar-refractivity contribution in [2.75, 3.05) is 7.11 Å². The molecule has 0 saturated heterocycles. The van der Waals surface area contributed by atoms with Gasteiger partial charge in [0.15, 0.2) is 5.78 Å². The van der Waals surface area contributed by atoms with Gasteiger partial charge in [0, 0.05) is 17.9 Å². The zero-order valence-electron chi connectivity index (χ0n) is 15.0. The largest absolute Gasteiger partial charge is 0.469 e. The Hall–Kier alpha value is -1.90. The van der Waals surface area contributed by atoms with Crippen LogP contribution in [0.25, 0.3) is 0 Å². The van der Waals surface area contributed by atoms with Gasteiger partial charge in [-0.15, -0.1) is 0 Å². The molecular formula is C21H30O3. The minimum atomic E-state index is -0.163. The molecule has 0 aromatic heterocycles. The molecule has 24 heavy (non-hydrogen) atoms. The third kappa shape index (κ3) is 8.09. The number of allylic oxidation sites excluding steroid dienone is 8. The average molecular weight is 330 g/mol. The van der Waals surface area contributed by atoms with E-state index in [9.17, 15) is 9.59 Å². The van der Waals surface area contributed by atoms with Gasteiger partial charge in [0.05, 0.1) is 7.11 Å². The van der Waals surface area contributed by atoms with Crippen LogP contribution in [0, 0.1) is 5.92 Å². The lowest BCUT2D eigenvalue weighted by Crippen LogP contribution is -2.01. The molecule has 1 aliphatic carbocycles. The molecule has 1 rings (SSSR count). The molecule has 0 aromatic carbocycles. The fourth-order valence-electron chi connectivity index (χ4n) is 2.60. The number of ether oxygens (including phenoxy) is 1. The summed E-state index contributed by atoms with van der Waals surface area (Å²) in [4.78, 5) is 22.9. The van der Waals surface area contributed by atoms with Crippen molar-refractivity contribution in [1.82, 2.24) is 0 Å². The Bertz CT molecular complexity index is 509. The molecule has 1 unspecified atom stereocenters. The van der Waals surface area contributed by atoms with Gasteiger partial charge in [-0.05, 0) is 38.2 Å². The van der Waals surface area contributed by atoms with E-state index in [1.807, 2.05) is 18.2 Å². The molecule has 0 heterocycles. The molecule has 0 N–H and O–H groups in total. The van der Waals surface area contributed by atoms with Crippen LogP contribution in [0.2, 0.25) is 0 Å². The van der Waals surface area contributed by atoms with Gasteiger partial charge in [0.2, 0.25) is 0 Å². The number of methoxy groups -OCH3 is 1. The summed E-state index contributed by atoms with van der Waals surface area (Å²) in [7, 11) is 1.41. The summed E-state index contributed by atoms with van der Waals surface area (Å²) in [5, 5.41) is 0. The number of unbranched alkanes of at least 4 members (excludes halogenated alkanes) is 4. The van der Waals surface area contributed by atoms with E-state index in [0.717, 1.165) is 31.3 Å². The summed E-state index contributed by atoms with van der Waals surface area (Å²) in [6.45, 7) is 2.20. The number of ketones is 1. The second-order valence-corrected chi connectivity index (χ2v) is 6.05. The topological polar surface area (TPSA) is 43.4 Å². The average Bonchev–Trinajstić information content (AvgIpc) is 2.94. The van der Waals surface area contributed by atoms with Gasteiger partial charge in [0.1, 0.15) is 0 Å². The first-order valence-electron chi connectivity index (χ1n) is 9.00. The Kier molecular flexibility index (Phi) is 10.5. The Morgan fingerprint density at radius 2 is 1.96 bits per heavy atom. The highest BCUT2D eigenvalue weighted by Gasteiger charge is 2.20. The SMILES string of the molecule is CCCCC/C=C/C=C1\C(=O)C=CC1C/C=C\CCCC(=O)OC.